The van der Waals surface area contributed by atoms with Crippen molar-refractivity contribution in [3.63, 3.8) is 0 Å². The number of aromatic nitrogens is 1. The maximum Gasteiger partial charge on any atom is 0.232 e. The molecule has 1 fully saturated rings. The zero-order valence-corrected chi connectivity index (χ0v) is 19.6. The van der Waals surface area contributed by atoms with Crippen LogP contribution < -0.4 is 4.90 Å². The Morgan fingerprint density at radius 3 is 2.45 bits per heavy atom. The van der Waals surface area contributed by atoms with Gasteiger partial charge in [-0.25, -0.2) is 0 Å². The van der Waals surface area contributed by atoms with Crippen LogP contribution in [0.5, 0.6) is 0 Å². The number of nitrogens with zero attached hydrogens (tertiary/aromatic N) is 3. The smallest absolute Gasteiger partial charge is 0.232 e. The summed E-state index contributed by atoms with van der Waals surface area (Å²) in [5.74, 6) is 2.03. The Kier molecular flexibility index (Phi) is 8.93. The molecule has 0 spiro atoms. The highest BCUT2D eigenvalue weighted by atomic mass is 16.5. The molecule has 0 bridgehead atoms. The molecule has 0 aliphatic heterocycles. The average Bonchev–Trinajstić information content (AvgIpc) is 3.48. The maximum atomic E-state index is 10.6. The van der Waals surface area contributed by atoms with Crippen molar-refractivity contribution in [2.45, 2.75) is 53.2 Å². The summed E-state index contributed by atoms with van der Waals surface area (Å²) >= 11 is 0. The molecular weight excluding hydrogens is 390 g/mol. The van der Waals surface area contributed by atoms with Crippen molar-refractivity contribution in [1.82, 2.24) is 10.1 Å². The minimum Gasteiger partial charge on any atom is -0.389 e. The highest BCUT2D eigenvalue weighted by Gasteiger charge is 2.29. The molecule has 6 heteroatoms. The summed E-state index contributed by atoms with van der Waals surface area (Å²) in [6.07, 6.45) is 2.04. The van der Waals surface area contributed by atoms with Crippen molar-refractivity contribution in [3.05, 3.63) is 35.9 Å². The number of ether oxygens (including phenoxy) is 1. The topological polar surface area (TPSA) is 62.0 Å². The Morgan fingerprint density at radius 1 is 1.13 bits per heavy atom. The van der Waals surface area contributed by atoms with Crippen LogP contribution in [0.4, 0.5) is 5.88 Å². The molecular formula is C25H39N3O3. The highest BCUT2D eigenvalue weighted by Crippen LogP contribution is 2.35. The molecule has 1 unspecified atom stereocenters. The van der Waals surface area contributed by atoms with Crippen LogP contribution in [-0.4, -0.2) is 60.7 Å². The molecule has 6 nitrogen and oxygen atoms in total. The number of rotatable bonds is 14. The molecule has 31 heavy (non-hydrogen) atoms. The van der Waals surface area contributed by atoms with Crippen LogP contribution in [0.15, 0.2) is 34.9 Å². The van der Waals surface area contributed by atoms with Crippen LogP contribution in [0.1, 0.15) is 46.1 Å². The van der Waals surface area contributed by atoms with Crippen LogP contribution in [0, 0.1) is 11.8 Å². The van der Waals surface area contributed by atoms with Gasteiger partial charge in [0.25, 0.3) is 0 Å². The number of hydrogen-bond donors (Lipinski definition) is 1. The van der Waals surface area contributed by atoms with Crippen molar-refractivity contribution in [2.75, 3.05) is 44.3 Å². The van der Waals surface area contributed by atoms with E-state index in [1.807, 2.05) is 18.2 Å². The lowest BCUT2D eigenvalue weighted by Gasteiger charge is -2.27. The molecule has 0 amide bonds. The Morgan fingerprint density at radius 2 is 1.84 bits per heavy atom. The first-order valence-electron chi connectivity index (χ1n) is 11.8. The molecule has 1 aliphatic carbocycles. The Balaban J connectivity index is 1.80. The van der Waals surface area contributed by atoms with E-state index in [9.17, 15) is 5.11 Å². The summed E-state index contributed by atoms with van der Waals surface area (Å²) in [7, 11) is 0. The standard InChI is InChI=1S/C25H39N3O3/c1-5-28(6-2)25-23(24(26-31-25)21-10-8-7-9-11-21)16-27(14-20-12-13-20)15-22(29)18-30-17-19(3)4/h7-11,19-20,22,29H,5-6,12-18H2,1-4H3. The third kappa shape index (κ3) is 7.06. The fourth-order valence-electron chi connectivity index (χ4n) is 3.91. The van der Waals surface area contributed by atoms with E-state index < -0.39 is 6.10 Å². The van der Waals surface area contributed by atoms with Crippen molar-refractivity contribution in [3.8, 4) is 11.3 Å². The van der Waals surface area contributed by atoms with Crippen LogP contribution >= 0.6 is 0 Å². The lowest BCUT2D eigenvalue weighted by atomic mass is 10.1. The largest absolute Gasteiger partial charge is 0.389 e. The first kappa shape index (κ1) is 23.8. The Bertz CT molecular complexity index is 770. The highest BCUT2D eigenvalue weighted by molar-refractivity contribution is 5.68. The second-order valence-electron chi connectivity index (χ2n) is 9.08. The molecule has 1 aromatic carbocycles. The van der Waals surface area contributed by atoms with Gasteiger partial charge < -0.3 is 19.3 Å². The van der Waals surface area contributed by atoms with Gasteiger partial charge >= 0.3 is 0 Å². The van der Waals surface area contributed by atoms with E-state index in [1.165, 1.54) is 12.8 Å². The van der Waals surface area contributed by atoms with Crippen molar-refractivity contribution in [1.29, 1.82) is 0 Å². The van der Waals surface area contributed by atoms with Gasteiger partial charge in [0.15, 0.2) is 0 Å². The molecule has 1 N–H and O–H groups in total. The molecule has 1 saturated carbocycles. The average molecular weight is 430 g/mol. The molecule has 0 radical (unpaired) electrons. The van der Waals surface area contributed by atoms with Gasteiger partial charge in [0.05, 0.1) is 18.3 Å². The quantitative estimate of drug-likeness (QED) is 0.479. The van der Waals surface area contributed by atoms with E-state index in [2.05, 4.69) is 54.8 Å². The monoisotopic (exact) mass is 429 g/mol. The van der Waals surface area contributed by atoms with Gasteiger partial charge in [-0.3, -0.25) is 4.90 Å². The number of anilines is 1. The molecule has 1 atom stereocenters. The number of aliphatic hydroxyl groups excluding tert-OH is 1. The van der Waals surface area contributed by atoms with Gasteiger partial charge in [-0.2, -0.15) is 0 Å². The predicted octanol–water partition coefficient (Wildman–Crippen LogP) is 4.43. The molecule has 0 saturated heterocycles. The van der Waals surface area contributed by atoms with E-state index in [4.69, 9.17) is 9.26 Å². The lowest BCUT2D eigenvalue weighted by Crippen LogP contribution is -2.36. The van der Waals surface area contributed by atoms with E-state index in [-0.39, 0.29) is 0 Å². The summed E-state index contributed by atoms with van der Waals surface area (Å²) in [6, 6.07) is 10.2. The fraction of sp³-hybridized carbons (Fsp3) is 0.640. The zero-order chi connectivity index (χ0) is 22.2. The van der Waals surface area contributed by atoms with Crippen LogP contribution in [0.2, 0.25) is 0 Å². The normalized spacial score (nSPS) is 15.1. The minimum absolute atomic E-state index is 0.372. The van der Waals surface area contributed by atoms with E-state index in [0.717, 1.165) is 48.3 Å². The van der Waals surface area contributed by atoms with Gasteiger partial charge in [-0.1, -0.05) is 49.3 Å². The molecule has 1 aromatic heterocycles. The SMILES string of the molecule is CCN(CC)c1onc(-c2ccccc2)c1CN(CC(O)COCC(C)C)CC1CC1. The van der Waals surface area contributed by atoms with E-state index >= 15 is 0 Å². The van der Waals surface area contributed by atoms with Gasteiger partial charge in [0.1, 0.15) is 5.69 Å². The molecule has 172 valence electrons. The Labute approximate surface area is 187 Å². The van der Waals surface area contributed by atoms with Crippen molar-refractivity contribution in [2.24, 2.45) is 11.8 Å². The van der Waals surface area contributed by atoms with Crippen LogP contribution in [0.25, 0.3) is 11.3 Å². The molecule has 1 heterocycles. The summed E-state index contributed by atoms with van der Waals surface area (Å²) in [5.41, 5.74) is 3.06. The summed E-state index contributed by atoms with van der Waals surface area (Å²) in [5, 5.41) is 15.1. The second kappa shape index (κ2) is 11.7. The first-order valence-corrected chi connectivity index (χ1v) is 11.8. The van der Waals surface area contributed by atoms with Crippen molar-refractivity contribution < 1.29 is 14.4 Å². The second-order valence-corrected chi connectivity index (χ2v) is 9.08. The summed E-state index contributed by atoms with van der Waals surface area (Å²) < 4.78 is 11.6. The maximum absolute atomic E-state index is 10.6. The predicted molar refractivity (Wildman–Crippen MR) is 125 cm³/mol. The molecule has 1 aliphatic rings. The third-order valence-electron chi connectivity index (χ3n) is 5.69. The fourth-order valence-corrected chi connectivity index (χ4v) is 3.91. The number of benzene rings is 1. The molecule has 2 aromatic rings. The lowest BCUT2D eigenvalue weighted by molar-refractivity contribution is 0.00621. The van der Waals surface area contributed by atoms with Gasteiger partial charge in [-0.15, -0.1) is 0 Å². The van der Waals surface area contributed by atoms with E-state index in [1.54, 1.807) is 0 Å². The third-order valence-corrected chi connectivity index (χ3v) is 5.69. The van der Waals surface area contributed by atoms with E-state index in [0.29, 0.717) is 32.2 Å². The van der Waals surface area contributed by atoms with Gasteiger partial charge in [-0.05, 0) is 38.5 Å². The number of hydrogen-bond acceptors (Lipinski definition) is 6. The van der Waals surface area contributed by atoms with Gasteiger partial charge in [0, 0.05) is 44.9 Å². The molecule has 3 rings (SSSR count). The number of aliphatic hydroxyl groups is 1. The Hall–Kier alpha value is -1.89. The van der Waals surface area contributed by atoms with Gasteiger partial charge in [0.2, 0.25) is 5.88 Å². The summed E-state index contributed by atoms with van der Waals surface area (Å²) in [4.78, 5) is 4.57. The van der Waals surface area contributed by atoms with Crippen molar-refractivity contribution >= 4 is 5.88 Å². The zero-order valence-electron chi connectivity index (χ0n) is 19.6. The minimum atomic E-state index is -0.505. The van der Waals surface area contributed by atoms with Crippen LogP contribution in [-0.2, 0) is 11.3 Å². The van der Waals surface area contributed by atoms with Crippen LogP contribution in [0.3, 0.4) is 0 Å². The summed E-state index contributed by atoms with van der Waals surface area (Å²) in [6.45, 7) is 13.6. The first-order chi connectivity index (χ1) is 15.0.